The maximum absolute atomic E-state index is 13.1. The number of thioether (sulfide) groups is 1. The van der Waals surface area contributed by atoms with Crippen LogP contribution in [0.5, 0.6) is 0 Å². The summed E-state index contributed by atoms with van der Waals surface area (Å²) in [5.41, 5.74) is 2.11. The van der Waals surface area contributed by atoms with E-state index in [1.807, 2.05) is 43.0 Å². The number of fused-ring (bicyclic) bond motifs is 1. The second kappa shape index (κ2) is 9.92. The lowest BCUT2D eigenvalue weighted by Gasteiger charge is -2.19. The molecule has 0 atom stereocenters. The van der Waals surface area contributed by atoms with Gasteiger partial charge in [0.05, 0.1) is 16.7 Å². The van der Waals surface area contributed by atoms with Crippen LogP contribution in [0.4, 0.5) is 0 Å². The Kier molecular flexibility index (Phi) is 7.31. The smallest absolute Gasteiger partial charge is 0.262 e. The molecule has 1 aromatic heterocycles. The minimum atomic E-state index is -0.0141. The van der Waals surface area contributed by atoms with Gasteiger partial charge in [0, 0.05) is 19.6 Å². The van der Waals surface area contributed by atoms with Crippen molar-refractivity contribution in [2.24, 2.45) is 0 Å². The number of para-hydroxylation sites is 1. The first-order chi connectivity index (χ1) is 13.6. The Morgan fingerprint density at radius 2 is 2.00 bits per heavy atom. The molecule has 6 heteroatoms. The first-order valence-corrected chi connectivity index (χ1v) is 11.2. The van der Waals surface area contributed by atoms with Crippen LogP contribution >= 0.6 is 11.8 Å². The molecular weight excluding hydrogens is 370 g/mol. The van der Waals surface area contributed by atoms with Gasteiger partial charge in [-0.3, -0.25) is 14.2 Å². The predicted molar refractivity (Wildman–Crippen MR) is 116 cm³/mol. The van der Waals surface area contributed by atoms with E-state index in [1.54, 1.807) is 4.57 Å². The summed E-state index contributed by atoms with van der Waals surface area (Å²) in [5.74, 6) is 0.383. The van der Waals surface area contributed by atoms with Gasteiger partial charge in [-0.15, -0.1) is 0 Å². The van der Waals surface area contributed by atoms with Gasteiger partial charge in [-0.1, -0.05) is 35.5 Å². The van der Waals surface area contributed by atoms with Crippen LogP contribution in [0.2, 0.25) is 0 Å². The highest BCUT2D eigenvalue weighted by molar-refractivity contribution is 7.99. The maximum Gasteiger partial charge on any atom is 0.262 e. The Morgan fingerprint density at radius 1 is 1.21 bits per heavy atom. The van der Waals surface area contributed by atoms with E-state index < -0.39 is 0 Å². The molecule has 1 heterocycles. The van der Waals surface area contributed by atoms with E-state index in [0.29, 0.717) is 41.4 Å². The van der Waals surface area contributed by atoms with Gasteiger partial charge in [-0.25, -0.2) is 4.98 Å². The molecule has 0 unspecified atom stereocenters. The van der Waals surface area contributed by atoms with Gasteiger partial charge in [-0.05, 0) is 58.1 Å². The van der Waals surface area contributed by atoms with E-state index in [9.17, 15) is 9.59 Å². The first kappa shape index (κ1) is 20.6. The van der Waals surface area contributed by atoms with Crippen molar-refractivity contribution in [1.29, 1.82) is 0 Å². The Hall–Kier alpha value is -2.08. The average molecular weight is 400 g/mol. The van der Waals surface area contributed by atoms with Crippen LogP contribution in [0, 0.1) is 0 Å². The Bertz CT molecular complexity index is 916. The molecule has 1 aliphatic rings. The second-order valence-corrected chi connectivity index (χ2v) is 8.02. The number of amides is 1. The summed E-state index contributed by atoms with van der Waals surface area (Å²) < 4.78 is 1.76. The number of nitrogens with zero attached hydrogens (tertiary/aromatic N) is 3. The van der Waals surface area contributed by atoms with Crippen molar-refractivity contribution >= 4 is 28.6 Å². The van der Waals surface area contributed by atoms with Gasteiger partial charge in [0.25, 0.3) is 5.56 Å². The zero-order valence-electron chi connectivity index (χ0n) is 16.8. The highest BCUT2D eigenvalue weighted by Gasteiger charge is 2.16. The molecule has 28 heavy (non-hydrogen) atoms. The maximum atomic E-state index is 13.1. The zero-order valence-corrected chi connectivity index (χ0v) is 17.6. The van der Waals surface area contributed by atoms with Gasteiger partial charge < -0.3 is 4.90 Å². The molecule has 3 rings (SSSR count). The number of carbonyl (C=O) groups is 1. The Balaban J connectivity index is 1.86. The minimum absolute atomic E-state index is 0.0141. The van der Waals surface area contributed by atoms with Crippen LogP contribution in [-0.4, -0.2) is 39.2 Å². The van der Waals surface area contributed by atoms with E-state index >= 15 is 0 Å². The molecule has 0 saturated heterocycles. The van der Waals surface area contributed by atoms with Crippen molar-refractivity contribution in [2.45, 2.75) is 57.7 Å². The summed E-state index contributed by atoms with van der Waals surface area (Å²) in [5, 5.41) is 1.28. The summed E-state index contributed by atoms with van der Waals surface area (Å²) in [4.78, 5) is 32.1. The third kappa shape index (κ3) is 4.85. The third-order valence-corrected chi connectivity index (χ3v) is 6.27. The monoisotopic (exact) mass is 399 g/mol. The standard InChI is InChI=1S/C22H29N3O2S/c1-3-24(4-2)20(26)16-28-22-23-19-13-9-8-12-18(19)21(27)25(22)15-14-17-10-6-5-7-11-17/h8-10,12-13H,3-7,11,14-16H2,1-2H3. The van der Waals surface area contributed by atoms with Crippen LogP contribution in [-0.2, 0) is 11.3 Å². The van der Waals surface area contributed by atoms with E-state index in [0.717, 1.165) is 19.3 Å². The largest absolute Gasteiger partial charge is 0.343 e. The van der Waals surface area contributed by atoms with Crippen molar-refractivity contribution in [3.8, 4) is 0 Å². The first-order valence-electron chi connectivity index (χ1n) is 10.2. The summed E-state index contributed by atoms with van der Waals surface area (Å²) in [6.45, 7) is 5.97. The summed E-state index contributed by atoms with van der Waals surface area (Å²) in [6.07, 6.45) is 7.95. The van der Waals surface area contributed by atoms with Gasteiger partial charge in [-0.2, -0.15) is 0 Å². The van der Waals surface area contributed by atoms with Crippen molar-refractivity contribution in [3.63, 3.8) is 0 Å². The normalized spacial score (nSPS) is 14.1. The number of carbonyl (C=O) groups excluding carboxylic acids is 1. The van der Waals surface area contributed by atoms with Gasteiger partial charge in [0.15, 0.2) is 5.16 Å². The van der Waals surface area contributed by atoms with E-state index in [2.05, 4.69) is 6.08 Å². The molecule has 2 aromatic rings. The molecule has 150 valence electrons. The number of benzene rings is 1. The molecule has 0 radical (unpaired) electrons. The molecule has 0 spiro atoms. The lowest BCUT2D eigenvalue weighted by molar-refractivity contribution is -0.127. The fourth-order valence-electron chi connectivity index (χ4n) is 3.64. The minimum Gasteiger partial charge on any atom is -0.343 e. The topological polar surface area (TPSA) is 55.2 Å². The van der Waals surface area contributed by atoms with Gasteiger partial charge >= 0.3 is 0 Å². The number of aromatic nitrogens is 2. The fraction of sp³-hybridized carbons (Fsp3) is 0.500. The van der Waals surface area contributed by atoms with Crippen LogP contribution < -0.4 is 5.56 Å². The van der Waals surface area contributed by atoms with Crippen LogP contribution in [0.3, 0.4) is 0 Å². The lowest BCUT2D eigenvalue weighted by atomic mass is 9.97. The van der Waals surface area contributed by atoms with Crippen molar-refractivity contribution < 1.29 is 4.79 Å². The molecule has 5 nitrogen and oxygen atoms in total. The molecule has 1 aliphatic carbocycles. The molecule has 0 N–H and O–H groups in total. The molecular formula is C22H29N3O2S. The quantitative estimate of drug-likeness (QED) is 0.378. The molecule has 0 fully saturated rings. The SMILES string of the molecule is CCN(CC)C(=O)CSc1nc2ccccc2c(=O)n1CCC1=CCCCC1. The van der Waals surface area contributed by atoms with Crippen molar-refractivity contribution in [1.82, 2.24) is 14.5 Å². The van der Waals surface area contributed by atoms with Crippen LogP contribution in [0.25, 0.3) is 10.9 Å². The third-order valence-electron chi connectivity index (χ3n) is 5.31. The Morgan fingerprint density at radius 3 is 2.71 bits per heavy atom. The number of rotatable bonds is 8. The van der Waals surface area contributed by atoms with Crippen molar-refractivity contribution in [3.05, 3.63) is 46.3 Å². The van der Waals surface area contributed by atoms with Crippen LogP contribution in [0.15, 0.2) is 45.9 Å². The molecule has 0 bridgehead atoms. The number of hydrogen-bond acceptors (Lipinski definition) is 4. The molecule has 0 saturated carbocycles. The lowest BCUT2D eigenvalue weighted by Crippen LogP contribution is -2.32. The molecule has 1 aromatic carbocycles. The number of hydrogen-bond donors (Lipinski definition) is 0. The molecule has 0 aliphatic heterocycles. The van der Waals surface area contributed by atoms with Gasteiger partial charge in [0.1, 0.15) is 0 Å². The highest BCUT2D eigenvalue weighted by atomic mass is 32.2. The van der Waals surface area contributed by atoms with E-state index in [-0.39, 0.29) is 11.5 Å². The highest BCUT2D eigenvalue weighted by Crippen LogP contribution is 2.23. The van der Waals surface area contributed by atoms with Crippen LogP contribution in [0.1, 0.15) is 46.0 Å². The summed E-state index contributed by atoms with van der Waals surface area (Å²) in [6, 6.07) is 7.45. The second-order valence-electron chi connectivity index (χ2n) is 7.08. The predicted octanol–water partition coefficient (Wildman–Crippen LogP) is 4.25. The fourth-order valence-corrected chi connectivity index (χ4v) is 4.56. The average Bonchev–Trinajstić information content (AvgIpc) is 2.73. The van der Waals surface area contributed by atoms with Crippen molar-refractivity contribution in [2.75, 3.05) is 18.8 Å². The summed E-state index contributed by atoms with van der Waals surface area (Å²) >= 11 is 1.37. The number of allylic oxidation sites excluding steroid dienone is 2. The van der Waals surface area contributed by atoms with Gasteiger partial charge in [0.2, 0.25) is 5.91 Å². The zero-order chi connectivity index (χ0) is 19.9. The molecule has 1 amide bonds. The van der Waals surface area contributed by atoms with E-state index in [1.165, 1.54) is 30.2 Å². The Labute approximate surface area is 170 Å². The van der Waals surface area contributed by atoms with E-state index in [4.69, 9.17) is 4.98 Å². The summed E-state index contributed by atoms with van der Waals surface area (Å²) in [7, 11) is 0.